The first-order chi connectivity index (χ1) is 9.09. The lowest BCUT2D eigenvalue weighted by Gasteiger charge is -2.08. The SMILES string of the molecule is Nc1c(F)cccc1C(=O)OCc1ccccc1Br. The van der Waals surface area contributed by atoms with Crippen LogP contribution in [0.4, 0.5) is 10.1 Å². The zero-order chi connectivity index (χ0) is 13.8. The first-order valence-electron chi connectivity index (χ1n) is 5.54. The highest BCUT2D eigenvalue weighted by Gasteiger charge is 2.14. The van der Waals surface area contributed by atoms with Crippen LogP contribution in [0.2, 0.25) is 0 Å². The van der Waals surface area contributed by atoms with E-state index in [9.17, 15) is 9.18 Å². The minimum atomic E-state index is -0.646. The van der Waals surface area contributed by atoms with Gasteiger partial charge in [0.25, 0.3) is 0 Å². The highest BCUT2D eigenvalue weighted by atomic mass is 79.9. The quantitative estimate of drug-likeness (QED) is 0.694. The van der Waals surface area contributed by atoms with Gasteiger partial charge in [-0.3, -0.25) is 0 Å². The summed E-state index contributed by atoms with van der Waals surface area (Å²) in [4.78, 5) is 11.8. The van der Waals surface area contributed by atoms with Gasteiger partial charge in [0.15, 0.2) is 0 Å². The third kappa shape index (κ3) is 3.12. The van der Waals surface area contributed by atoms with E-state index in [4.69, 9.17) is 10.5 Å². The van der Waals surface area contributed by atoms with Gasteiger partial charge >= 0.3 is 5.97 Å². The van der Waals surface area contributed by atoms with Gasteiger partial charge in [-0.2, -0.15) is 0 Å². The molecule has 0 fully saturated rings. The van der Waals surface area contributed by atoms with E-state index in [2.05, 4.69) is 15.9 Å². The fraction of sp³-hybridized carbons (Fsp3) is 0.0714. The van der Waals surface area contributed by atoms with E-state index in [0.29, 0.717) is 0 Å². The smallest absolute Gasteiger partial charge is 0.340 e. The number of benzene rings is 2. The molecule has 0 bridgehead atoms. The average Bonchev–Trinajstić information content (AvgIpc) is 2.40. The molecule has 0 radical (unpaired) electrons. The molecule has 2 N–H and O–H groups in total. The Labute approximate surface area is 118 Å². The van der Waals surface area contributed by atoms with Gasteiger partial charge in [-0.05, 0) is 18.2 Å². The maximum atomic E-state index is 13.2. The van der Waals surface area contributed by atoms with Crippen LogP contribution in [0.25, 0.3) is 0 Å². The Hall–Kier alpha value is -1.88. The largest absolute Gasteiger partial charge is 0.457 e. The Balaban J connectivity index is 2.10. The van der Waals surface area contributed by atoms with Crippen molar-refractivity contribution >= 4 is 27.6 Å². The van der Waals surface area contributed by atoms with Gasteiger partial charge in [0, 0.05) is 10.0 Å². The number of nitrogens with two attached hydrogens (primary N) is 1. The van der Waals surface area contributed by atoms with Crippen molar-refractivity contribution in [3.05, 3.63) is 63.9 Å². The van der Waals surface area contributed by atoms with Gasteiger partial charge in [-0.25, -0.2) is 9.18 Å². The van der Waals surface area contributed by atoms with Crippen LogP contribution in [0.3, 0.4) is 0 Å². The van der Waals surface area contributed by atoms with E-state index in [-0.39, 0.29) is 17.9 Å². The molecule has 0 saturated carbocycles. The van der Waals surface area contributed by atoms with Crippen LogP contribution >= 0.6 is 15.9 Å². The fourth-order valence-corrected chi connectivity index (χ4v) is 1.95. The third-order valence-electron chi connectivity index (χ3n) is 2.59. The summed E-state index contributed by atoms with van der Waals surface area (Å²) >= 11 is 3.35. The molecule has 0 spiro atoms. The van der Waals surface area contributed by atoms with E-state index >= 15 is 0 Å². The molecule has 0 amide bonds. The topological polar surface area (TPSA) is 52.3 Å². The number of para-hydroxylation sites is 1. The molecule has 2 aromatic carbocycles. The lowest BCUT2D eigenvalue weighted by atomic mass is 10.2. The molecule has 5 heteroatoms. The minimum Gasteiger partial charge on any atom is -0.457 e. The summed E-state index contributed by atoms with van der Waals surface area (Å²) in [5.41, 5.74) is 6.16. The van der Waals surface area contributed by atoms with Crippen LogP contribution in [0.5, 0.6) is 0 Å². The number of carbonyl (C=O) groups excluding carboxylic acids is 1. The van der Waals surface area contributed by atoms with Crippen LogP contribution in [0.15, 0.2) is 46.9 Å². The number of hydrogen-bond acceptors (Lipinski definition) is 3. The Bertz CT molecular complexity index is 616. The molecule has 0 atom stereocenters. The molecule has 0 unspecified atom stereocenters. The molecule has 0 aliphatic rings. The molecule has 0 aliphatic heterocycles. The second kappa shape index (κ2) is 5.84. The Morgan fingerprint density at radius 1 is 1.21 bits per heavy atom. The van der Waals surface area contributed by atoms with Crippen molar-refractivity contribution in [3.63, 3.8) is 0 Å². The molecule has 0 saturated heterocycles. The van der Waals surface area contributed by atoms with Crippen LogP contribution < -0.4 is 5.73 Å². The summed E-state index contributed by atoms with van der Waals surface area (Å²) < 4.78 is 19.2. The van der Waals surface area contributed by atoms with Crippen molar-refractivity contribution < 1.29 is 13.9 Å². The second-order valence-corrected chi connectivity index (χ2v) is 4.72. The van der Waals surface area contributed by atoms with Crippen molar-refractivity contribution in [2.45, 2.75) is 6.61 Å². The Morgan fingerprint density at radius 2 is 1.95 bits per heavy atom. The number of ether oxygens (including phenoxy) is 1. The summed E-state index contributed by atoms with van der Waals surface area (Å²) in [5, 5.41) is 0. The lowest BCUT2D eigenvalue weighted by Crippen LogP contribution is -2.09. The van der Waals surface area contributed by atoms with Crippen molar-refractivity contribution in [3.8, 4) is 0 Å². The van der Waals surface area contributed by atoms with Gasteiger partial charge in [0.1, 0.15) is 12.4 Å². The number of anilines is 1. The minimum absolute atomic E-state index is 0.0343. The molecule has 98 valence electrons. The molecule has 0 aliphatic carbocycles. The summed E-state index contributed by atoms with van der Waals surface area (Å²) in [5.74, 6) is -1.27. The first kappa shape index (κ1) is 13.5. The van der Waals surface area contributed by atoms with Gasteiger partial charge in [0.2, 0.25) is 0 Å². The molecule has 0 aromatic heterocycles. The van der Waals surface area contributed by atoms with E-state index in [1.165, 1.54) is 18.2 Å². The number of hydrogen-bond donors (Lipinski definition) is 1. The molecule has 2 rings (SSSR count). The number of rotatable bonds is 3. The lowest BCUT2D eigenvalue weighted by molar-refractivity contribution is 0.0473. The zero-order valence-electron chi connectivity index (χ0n) is 9.90. The van der Waals surface area contributed by atoms with Crippen molar-refractivity contribution in [1.82, 2.24) is 0 Å². The molecule has 3 nitrogen and oxygen atoms in total. The standard InChI is InChI=1S/C14H11BrFNO2/c15-11-6-2-1-4-9(11)8-19-14(18)10-5-3-7-12(16)13(10)17/h1-7H,8,17H2. The summed E-state index contributed by atoms with van der Waals surface area (Å²) in [6, 6.07) is 11.4. The second-order valence-electron chi connectivity index (χ2n) is 3.87. The molecule has 2 aromatic rings. The zero-order valence-corrected chi connectivity index (χ0v) is 11.5. The molecular formula is C14H11BrFNO2. The number of carbonyl (C=O) groups is 1. The van der Waals surface area contributed by atoms with Crippen molar-refractivity contribution in [2.75, 3.05) is 5.73 Å². The van der Waals surface area contributed by atoms with Gasteiger partial charge in [-0.15, -0.1) is 0 Å². The number of nitrogen functional groups attached to an aromatic ring is 1. The molecule has 0 heterocycles. The fourth-order valence-electron chi connectivity index (χ4n) is 1.55. The Kier molecular flexibility index (Phi) is 4.16. The predicted octanol–water partition coefficient (Wildman–Crippen LogP) is 3.53. The average molecular weight is 324 g/mol. The van der Waals surface area contributed by atoms with Gasteiger partial charge in [0.05, 0.1) is 11.3 Å². The monoisotopic (exact) mass is 323 g/mol. The van der Waals surface area contributed by atoms with Crippen LogP contribution in [-0.2, 0) is 11.3 Å². The van der Waals surface area contributed by atoms with E-state index in [0.717, 1.165) is 10.0 Å². The van der Waals surface area contributed by atoms with Crippen LogP contribution in [-0.4, -0.2) is 5.97 Å². The van der Waals surface area contributed by atoms with Crippen molar-refractivity contribution in [1.29, 1.82) is 0 Å². The van der Waals surface area contributed by atoms with Crippen molar-refractivity contribution in [2.24, 2.45) is 0 Å². The normalized spacial score (nSPS) is 10.2. The van der Waals surface area contributed by atoms with Crippen LogP contribution in [0, 0.1) is 5.82 Å². The number of esters is 1. The Morgan fingerprint density at radius 3 is 2.68 bits per heavy atom. The van der Waals surface area contributed by atoms with E-state index < -0.39 is 11.8 Å². The van der Waals surface area contributed by atoms with Crippen LogP contribution in [0.1, 0.15) is 15.9 Å². The number of halogens is 2. The molecular weight excluding hydrogens is 313 g/mol. The van der Waals surface area contributed by atoms with Gasteiger partial charge in [-0.1, -0.05) is 40.2 Å². The first-order valence-corrected chi connectivity index (χ1v) is 6.33. The van der Waals surface area contributed by atoms with E-state index in [1.54, 1.807) is 0 Å². The summed E-state index contributed by atoms with van der Waals surface area (Å²) in [7, 11) is 0. The third-order valence-corrected chi connectivity index (χ3v) is 3.36. The summed E-state index contributed by atoms with van der Waals surface area (Å²) in [6.07, 6.45) is 0. The van der Waals surface area contributed by atoms with E-state index in [1.807, 2.05) is 24.3 Å². The highest BCUT2D eigenvalue weighted by Crippen LogP contribution is 2.20. The maximum Gasteiger partial charge on any atom is 0.340 e. The summed E-state index contributed by atoms with van der Waals surface area (Å²) in [6.45, 7) is 0.0935. The van der Waals surface area contributed by atoms with Gasteiger partial charge < -0.3 is 10.5 Å². The maximum absolute atomic E-state index is 13.2. The predicted molar refractivity (Wildman–Crippen MR) is 74.1 cm³/mol. The molecule has 19 heavy (non-hydrogen) atoms. The highest BCUT2D eigenvalue weighted by molar-refractivity contribution is 9.10.